The second-order valence-corrected chi connectivity index (χ2v) is 12.6. The van der Waals surface area contributed by atoms with E-state index in [0.717, 1.165) is 19.3 Å². The van der Waals surface area contributed by atoms with Gasteiger partial charge >= 0.3 is 0 Å². The summed E-state index contributed by atoms with van der Waals surface area (Å²) in [6.07, 6.45) is 13.0. The molecule has 2 atom stereocenters. The van der Waals surface area contributed by atoms with Crippen LogP contribution in [0.25, 0.3) is 60.6 Å². The third-order valence-electron chi connectivity index (χ3n) is 9.40. The van der Waals surface area contributed by atoms with Gasteiger partial charge in [-0.05, 0) is 61.2 Å². The highest BCUT2D eigenvalue weighted by molar-refractivity contribution is 7.19. The summed E-state index contributed by atoms with van der Waals surface area (Å²) >= 11 is 2.00. The monoisotopic (exact) mass is 546 g/mol. The van der Waals surface area contributed by atoms with E-state index in [2.05, 4.69) is 131 Å². The first kappa shape index (κ1) is 23.4. The van der Waals surface area contributed by atoms with Crippen molar-refractivity contribution < 1.29 is 0 Å². The zero-order valence-corrected chi connectivity index (χ0v) is 23.9. The van der Waals surface area contributed by atoms with E-state index in [9.17, 15) is 0 Å². The molecule has 198 valence electrons. The van der Waals surface area contributed by atoms with Crippen molar-refractivity contribution in [3.8, 4) is 5.69 Å². The van der Waals surface area contributed by atoms with E-state index in [4.69, 9.17) is 0 Å². The van der Waals surface area contributed by atoms with Crippen LogP contribution in [0.15, 0.2) is 103 Å². The Hall–Kier alpha value is -4.34. The average Bonchev–Trinajstić information content (AvgIpc) is 3.68. The minimum atomic E-state index is 0.314. The van der Waals surface area contributed by atoms with Crippen LogP contribution in [0.1, 0.15) is 47.5 Å². The van der Waals surface area contributed by atoms with Crippen molar-refractivity contribution in [1.29, 1.82) is 0 Å². The molecule has 4 aromatic carbocycles. The molecule has 7 aromatic rings. The maximum Gasteiger partial charge on any atom is 0.0750 e. The highest BCUT2D eigenvalue weighted by Gasteiger charge is 2.33. The third kappa shape index (κ3) is 3.24. The highest BCUT2D eigenvalue weighted by atomic mass is 32.1. The quantitative estimate of drug-likeness (QED) is 0.209. The molecule has 2 aliphatic rings. The van der Waals surface area contributed by atoms with Crippen LogP contribution < -0.4 is 0 Å². The minimum Gasteiger partial charge on any atom is -0.335 e. The fraction of sp³-hybridized carbons (Fsp3) is 0.158. The summed E-state index contributed by atoms with van der Waals surface area (Å²) in [5, 5.41) is 5.36. The lowest BCUT2D eigenvalue weighted by molar-refractivity contribution is 0.437. The van der Waals surface area contributed by atoms with Gasteiger partial charge in [-0.2, -0.15) is 0 Å². The molecule has 3 aromatic heterocycles. The van der Waals surface area contributed by atoms with Gasteiger partial charge in [-0.1, -0.05) is 85.8 Å². The van der Waals surface area contributed by atoms with Gasteiger partial charge in [-0.15, -0.1) is 11.3 Å². The van der Waals surface area contributed by atoms with E-state index in [1.54, 1.807) is 0 Å². The molecule has 0 amide bonds. The average molecular weight is 547 g/mol. The zero-order chi connectivity index (χ0) is 27.1. The van der Waals surface area contributed by atoms with Gasteiger partial charge in [0.1, 0.15) is 0 Å². The summed E-state index contributed by atoms with van der Waals surface area (Å²) in [5.41, 5.74) is 9.45. The predicted octanol–water partition coefficient (Wildman–Crippen LogP) is 10.6. The first-order valence-corrected chi connectivity index (χ1v) is 15.6. The van der Waals surface area contributed by atoms with Crippen molar-refractivity contribution in [2.24, 2.45) is 5.92 Å². The van der Waals surface area contributed by atoms with Crippen LogP contribution in [0.3, 0.4) is 0 Å². The van der Waals surface area contributed by atoms with Gasteiger partial charge < -0.3 is 9.13 Å². The van der Waals surface area contributed by atoms with Crippen molar-refractivity contribution in [2.45, 2.75) is 32.2 Å². The van der Waals surface area contributed by atoms with Crippen LogP contribution in [-0.2, 0) is 6.42 Å². The number of para-hydroxylation sites is 3. The smallest absolute Gasteiger partial charge is 0.0750 e. The lowest BCUT2D eigenvalue weighted by Gasteiger charge is -2.31. The lowest BCUT2D eigenvalue weighted by atomic mass is 9.87. The number of allylic oxidation sites excluding steroid dienone is 2. The van der Waals surface area contributed by atoms with E-state index >= 15 is 0 Å². The maximum absolute atomic E-state index is 2.72. The van der Waals surface area contributed by atoms with Crippen molar-refractivity contribution in [3.05, 3.63) is 125 Å². The fourth-order valence-electron chi connectivity index (χ4n) is 7.56. The molecule has 9 rings (SSSR count). The standard InChI is InChI=1S/C38H30N2S/c1-2-24-19-21-30-31-23-25(39-32-15-7-3-11-26(32)27-12-4-8-16-33(27)39)20-22-36(31)41-38(30)37(24)40-34-17-9-5-13-28(34)29-14-6-10-18-35(29)40/h3-9,11-17,19-24,37H,2,10,18H2,1H3. The number of nitrogens with zero attached hydrogens (tertiary/aromatic N) is 2. The Morgan fingerprint density at radius 3 is 2.20 bits per heavy atom. The third-order valence-corrected chi connectivity index (χ3v) is 10.7. The Labute approximate surface area is 243 Å². The predicted molar refractivity (Wildman–Crippen MR) is 176 cm³/mol. The summed E-state index contributed by atoms with van der Waals surface area (Å²) in [5.74, 6) is 0.471. The number of fused-ring (bicyclic) bond motifs is 9. The van der Waals surface area contributed by atoms with Crippen LogP contribution in [0.4, 0.5) is 0 Å². The molecule has 2 unspecified atom stereocenters. The van der Waals surface area contributed by atoms with Gasteiger partial charge in [0.15, 0.2) is 0 Å². The molecular formula is C38H30N2S. The number of hydrogen-bond donors (Lipinski definition) is 0. The van der Waals surface area contributed by atoms with Crippen molar-refractivity contribution in [2.75, 3.05) is 0 Å². The first-order valence-electron chi connectivity index (χ1n) is 14.8. The Bertz CT molecular complexity index is 2160. The van der Waals surface area contributed by atoms with Crippen molar-refractivity contribution in [3.63, 3.8) is 0 Å². The van der Waals surface area contributed by atoms with Crippen molar-refractivity contribution >= 4 is 66.3 Å². The van der Waals surface area contributed by atoms with Gasteiger partial charge in [0.2, 0.25) is 0 Å². The number of thiophene rings is 1. The van der Waals surface area contributed by atoms with Crippen LogP contribution in [0, 0.1) is 5.92 Å². The molecule has 0 N–H and O–H groups in total. The SMILES string of the molecule is CCC1C=Cc2c(sc3ccc(-n4c5ccccc5c5ccccc54)cc23)C1n1c2c(c3ccccc31)C=CCC2. The van der Waals surface area contributed by atoms with Crippen LogP contribution in [0.5, 0.6) is 0 Å². The number of aromatic nitrogens is 2. The molecule has 3 heterocycles. The molecule has 2 nitrogen and oxygen atoms in total. The van der Waals surface area contributed by atoms with Gasteiger partial charge in [0.25, 0.3) is 0 Å². The molecule has 0 spiro atoms. The Kier molecular flexibility index (Phi) is 5.03. The topological polar surface area (TPSA) is 9.86 Å². The van der Waals surface area contributed by atoms with E-state index in [1.165, 1.54) is 70.2 Å². The molecular weight excluding hydrogens is 516 g/mol. The van der Waals surface area contributed by atoms with Gasteiger partial charge in [0, 0.05) is 59.5 Å². The van der Waals surface area contributed by atoms with E-state index < -0.39 is 0 Å². The summed E-state index contributed by atoms with van der Waals surface area (Å²) in [6, 6.07) is 34.0. The summed E-state index contributed by atoms with van der Waals surface area (Å²) in [4.78, 5) is 1.51. The Morgan fingerprint density at radius 2 is 1.44 bits per heavy atom. The molecule has 0 fully saturated rings. The van der Waals surface area contributed by atoms with Gasteiger partial charge in [-0.25, -0.2) is 0 Å². The number of benzene rings is 4. The van der Waals surface area contributed by atoms with E-state index in [1.807, 2.05) is 11.3 Å². The molecule has 0 saturated heterocycles. The fourth-order valence-corrected chi connectivity index (χ4v) is 8.91. The van der Waals surface area contributed by atoms with Crippen LogP contribution >= 0.6 is 11.3 Å². The van der Waals surface area contributed by atoms with Crippen LogP contribution in [-0.4, -0.2) is 9.13 Å². The molecule has 41 heavy (non-hydrogen) atoms. The Morgan fingerprint density at radius 1 is 0.732 bits per heavy atom. The lowest BCUT2D eigenvalue weighted by Crippen LogP contribution is -2.23. The summed E-state index contributed by atoms with van der Waals surface area (Å²) in [7, 11) is 0. The molecule has 2 aliphatic carbocycles. The maximum atomic E-state index is 2.72. The highest BCUT2D eigenvalue weighted by Crippen LogP contribution is 2.49. The van der Waals surface area contributed by atoms with E-state index in [-0.39, 0.29) is 0 Å². The van der Waals surface area contributed by atoms with Gasteiger partial charge in [-0.3, -0.25) is 0 Å². The summed E-state index contributed by atoms with van der Waals surface area (Å²) < 4.78 is 6.53. The second kappa shape index (κ2) is 8.83. The molecule has 0 bridgehead atoms. The number of hydrogen-bond acceptors (Lipinski definition) is 1. The normalized spacial score (nSPS) is 18.1. The molecule has 0 saturated carbocycles. The second-order valence-electron chi connectivity index (χ2n) is 11.5. The first-order chi connectivity index (χ1) is 20.3. The molecule has 0 radical (unpaired) electrons. The Balaban J connectivity index is 1.29. The van der Waals surface area contributed by atoms with Gasteiger partial charge in [0.05, 0.1) is 17.1 Å². The summed E-state index contributed by atoms with van der Waals surface area (Å²) in [6.45, 7) is 2.35. The zero-order valence-electron chi connectivity index (χ0n) is 23.0. The number of rotatable bonds is 3. The largest absolute Gasteiger partial charge is 0.335 e. The molecule has 3 heteroatoms. The molecule has 0 aliphatic heterocycles. The van der Waals surface area contributed by atoms with Crippen LogP contribution in [0.2, 0.25) is 0 Å². The van der Waals surface area contributed by atoms with E-state index in [0.29, 0.717) is 12.0 Å². The van der Waals surface area contributed by atoms with Crippen molar-refractivity contribution in [1.82, 2.24) is 9.13 Å². The minimum absolute atomic E-state index is 0.314.